The Morgan fingerprint density at radius 2 is 1.93 bits per heavy atom. The van der Waals surface area contributed by atoms with Crippen molar-refractivity contribution in [2.45, 2.75) is 19.4 Å². The first-order valence-electron chi connectivity index (χ1n) is 9.17. The molecule has 0 unspecified atom stereocenters. The predicted molar refractivity (Wildman–Crippen MR) is 104 cm³/mol. The summed E-state index contributed by atoms with van der Waals surface area (Å²) in [5.41, 5.74) is 3.25. The molecule has 1 amide bonds. The quantitative estimate of drug-likeness (QED) is 0.552. The number of amides is 1. The summed E-state index contributed by atoms with van der Waals surface area (Å²) in [6.07, 6.45) is 2.53. The first kappa shape index (κ1) is 16.7. The van der Waals surface area contributed by atoms with E-state index in [1.165, 1.54) is 27.4 Å². The number of rotatable bonds is 3. The maximum absolute atomic E-state index is 13.9. The molecule has 7 heteroatoms. The van der Waals surface area contributed by atoms with Gasteiger partial charge in [0.05, 0.1) is 17.2 Å². The molecule has 0 bridgehead atoms. The highest BCUT2D eigenvalue weighted by molar-refractivity contribution is 5.95. The molecule has 0 aliphatic carbocycles. The topological polar surface area (TPSA) is 59.6 Å². The van der Waals surface area contributed by atoms with Crippen LogP contribution in [0.25, 0.3) is 16.6 Å². The van der Waals surface area contributed by atoms with Crippen molar-refractivity contribution in [2.75, 3.05) is 11.4 Å². The SMILES string of the molecule is O=C(CCn1c(=O)c2ccnn2c2ccc(F)cc21)N1CCc2ccccc21. The van der Waals surface area contributed by atoms with E-state index in [2.05, 4.69) is 5.10 Å². The van der Waals surface area contributed by atoms with Crippen LogP contribution in [0.3, 0.4) is 0 Å². The van der Waals surface area contributed by atoms with Crippen molar-refractivity contribution in [3.05, 3.63) is 76.5 Å². The molecule has 0 atom stereocenters. The molecule has 140 valence electrons. The Bertz CT molecular complexity index is 1290. The van der Waals surface area contributed by atoms with Crippen molar-refractivity contribution >= 4 is 28.1 Å². The van der Waals surface area contributed by atoms with Crippen LogP contribution in [-0.4, -0.2) is 26.6 Å². The van der Waals surface area contributed by atoms with Gasteiger partial charge < -0.3 is 9.47 Å². The number of carbonyl (C=O) groups excluding carboxylic acids is 1. The van der Waals surface area contributed by atoms with Crippen LogP contribution in [-0.2, 0) is 17.8 Å². The highest BCUT2D eigenvalue weighted by atomic mass is 19.1. The Balaban J connectivity index is 1.51. The molecular formula is C21H17FN4O2. The largest absolute Gasteiger partial charge is 0.312 e. The van der Waals surface area contributed by atoms with Crippen molar-refractivity contribution in [1.29, 1.82) is 0 Å². The Morgan fingerprint density at radius 3 is 2.82 bits per heavy atom. The smallest absolute Gasteiger partial charge is 0.277 e. The zero-order valence-electron chi connectivity index (χ0n) is 15.0. The monoisotopic (exact) mass is 376 g/mol. The third-order valence-corrected chi connectivity index (χ3v) is 5.30. The molecule has 0 saturated carbocycles. The number of aryl methyl sites for hydroxylation is 1. The second kappa shape index (κ2) is 6.30. The molecular weight excluding hydrogens is 359 g/mol. The van der Waals surface area contributed by atoms with Crippen LogP contribution < -0.4 is 10.5 Å². The number of aromatic nitrogens is 3. The van der Waals surface area contributed by atoms with Gasteiger partial charge in [0, 0.05) is 25.2 Å². The van der Waals surface area contributed by atoms with Crippen LogP contribution in [0.4, 0.5) is 10.1 Å². The average Bonchev–Trinajstić information content (AvgIpc) is 3.35. The molecule has 1 aliphatic rings. The van der Waals surface area contributed by atoms with E-state index in [1.54, 1.807) is 17.0 Å². The number of fused-ring (bicyclic) bond motifs is 4. The van der Waals surface area contributed by atoms with Crippen molar-refractivity contribution in [3.8, 4) is 0 Å². The van der Waals surface area contributed by atoms with E-state index in [4.69, 9.17) is 0 Å². The summed E-state index contributed by atoms with van der Waals surface area (Å²) in [6, 6.07) is 13.7. The van der Waals surface area contributed by atoms with E-state index in [-0.39, 0.29) is 24.4 Å². The summed E-state index contributed by atoms with van der Waals surface area (Å²) in [6.45, 7) is 0.822. The lowest BCUT2D eigenvalue weighted by Gasteiger charge is -2.18. The number of benzene rings is 2. The summed E-state index contributed by atoms with van der Waals surface area (Å²) >= 11 is 0. The zero-order valence-corrected chi connectivity index (χ0v) is 15.0. The highest BCUT2D eigenvalue weighted by Gasteiger charge is 2.24. The number of hydrogen-bond donors (Lipinski definition) is 0. The maximum Gasteiger partial charge on any atom is 0.277 e. The van der Waals surface area contributed by atoms with Gasteiger partial charge in [-0.25, -0.2) is 8.91 Å². The summed E-state index contributed by atoms with van der Waals surface area (Å²) < 4.78 is 16.8. The lowest BCUT2D eigenvalue weighted by atomic mass is 10.2. The molecule has 3 heterocycles. The molecule has 0 spiro atoms. The number of hydrogen-bond acceptors (Lipinski definition) is 3. The summed E-state index contributed by atoms with van der Waals surface area (Å²) in [5.74, 6) is -0.485. The molecule has 2 aromatic heterocycles. The number of nitrogens with zero attached hydrogens (tertiary/aromatic N) is 4. The minimum absolute atomic E-state index is 0.0465. The number of para-hydroxylation sites is 1. The van der Waals surface area contributed by atoms with E-state index in [1.807, 2.05) is 24.3 Å². The third-order valence-electron chi connectivity index (χ3n) is 5.30. The van der Waals surface area contributed by atoms with Crippen LogP contribution in [0.2, 0.25) is 0 Å². The van der Waals surface area contributed by atoms with Gasteiger partial charge in [-0.05, 0) is 42.3 Å². The number of halogens is 1. The molecule has 1 aliphatic heterocycles. The molecule has 0 radical (unpaired) electrons. The van der Waals surface area contributed by atoms with E-state index < -0.39 is 5.82 Å². The van der Waals surface area contributed by atoms with Gasteiger partial charge >= 0.3 is 0 Å². The molecule has 2 aromatic carbocycles. The van der Waals surface area contributed by atoms with Crippen LogP contribution in [0.1, 0.15) is 12.0 Å². The molecule has 5 rings (SSSR count). The van der Waals surface area contributed by atoms with Crippen molar-refractivity contribution in [3.63, 3.8) is 0 Å². The molecule has 28 heavy (non-hydrogen) atoms. The van der Waals surface area contributed by atoms with Crippen LogP contribution in [0, 0.1) is 5.82 Å². The van der Waals surface area contributed by atoms with Gasteiger partial charge in [0.1, 0.15) is 11.3 Å². The van der Waals surface area contributed by atoms with E-state index in [0.29, 0.717) is 23.1 Å². The Hall–Kier alpha value is -3.48. The molecule has 0 saturated heterocycles. The van der Waals surface area contributed by atoms with E-state index in [9.17, 15) is 14.0 Å². The standard InChI is InChI=1S/C21H17FN4O2/c22-15-5-6-17-19(13-15)25(21(28)18-7-10-23-26(17)18)12-9-20(27)24-11-8-14-3-1-2-4-16(14)24/h1-7,10,13H,8-9,11-12H2. The summed E-state index contributed by atoms with van der Waals surface area (Å²) in [7, 11) is 0. The normalized spacial score (nSPS) is 13.4. The first-order valence-corrected chi connectivity index (χ1v) is 9.17. The second-order valence-corrected chi connectivity index (χ2v) is 6.89. The summed E-state index contributed by atoms with van der Waals surface area (Å²) in [4.78, 5) is 27.5. The molecule has 0 fully saturated rings. The van der Waals surface area contributed by atoms with Crippen LogP contribution in [0.5, 0.6) is 0 Å². The van der Waals surface area contributed by atoms with E-state index in [0.717, 1.165) is 17.7 Å². The Morgan fingerprint density at radius 1 is 1.07 bits per heavy atom. The Labute approximate surface area is 159 Å². The highest BCUT2D eigenvalue weighted by Crippen LogP contribution is 2.28. The van der Waals surface area contributed by atoms with Gasteiger partial charge in [0.25, 0.3) is 5.56 Å². The van der Waals surface area contributed by atoms with Gasteiger partial charge in [0.2, 0.25) is 5.91 Å². The third kappa shape index (κ3) is 2.51. The maximum atomic E-state index is 13.9. The fourth-order valence-electron chi connectivity index (χ4n) is 3.96. The van der Waals surface area contributed by atoms with Gasteiger partial charge in [-0.1, -0.05) is 18.2 Å². The Kier molecular flexibility index (Phi) is 3.75. The molecule has 4 aromatic rings. The molecule has 0 N–H and O–H groups in total. The van der Waals surface area contributed by atoms with E-state index >= 15 is 0 Å². The lowest BCUT2D eigenvalue weighted by molar-refractivity contribution is -0.118. The van der Waals surface area contributed by atoms with Gasteiger partial charge in [-0.3, -0.25) is 9.59 Å². The van der Waals surface area contributed by atoms with Crippen LogP contribution in [0.15, 0.2) is 59.5 Å². The summed E-state index contributed by atoms with van der Waals surface area (Å²) in [5, 5.41) is 4.17. The fraction of sp³-hybridized carbons (Fsp3) is 0.190. The number of anilines is 1. The second-order valence-electron chi connectivity index (χ2n) is 6.89. The van der Waals surface area contributed by atoms with Crippen molar-refractivity contribution < 1.29 is 9.18 Å². The van der Waals surface area contributed by atoms with Gasteiger partial charge in [-0.2, -0.15) is 5.10 Å². The average molecular weight is 376 g/mol. The predicted octanol–water partition coefficient (Wildman–Crippen LogP) is 2.77. The zero-order chi connectivity index (χ0) is 19.3. The van der Waals surface area contributed by atoms with Crippen molar-refractivity contribution in [1.82, 2.24) is 14.2 Å². The van der Waals surface area contributed by atoms with Gasteiger partial charge in [0.15, 0.2) is 0 Å². The lowest BCUT2D eigenvalue weighted by Crippen LogP contribution is -2.31. The first-order chi connectivity index (χ1) is 13.6. The number of carbonyl (C=O) groups is 1. The minimum Gasteiger partial charge on any atom is -0.312 e. The fourth-order valence-corrected chi connectivity index (χ4v) is 3.96. The van der Waals surface area contributed by atoms with Gasteiger partial charge in [-0.15, -0.1) is 0 Å². The molecule has 6 nitrogen and oxygen atoms in total. The van der Waals surface area contributed by atoms with Crippen molar-refractivity contribution in [2.24, 2.45) is 0 Å². The van der Waals surface area contributed by atoms with Crippen LogP contribution >= 0.6 is 0 Å². The minimum atomic E-state index is -0.438.